The first kappa shape index (κ1) is 19.6. The maximum atomic E-state index is 12.2. The summed E-state index contributed by atoms with van der Waals surface area (Å²) >= 11 is 0. The third-order valence-corrected chi connectivity index (χ3v) is 8.35. The Balaban J connectivity index is 2.03. The molecular formula is C13H25N2O7S2+. The zero-order valence-electron chi connectivity index (χ0n) is 13.9. The fraction of sp³-hybridized carbons (Fsp3) is 0.923. The Bertz CT molecular complexity index is 698. The Hall–Kier alpha value is -0.750. The number of ether oxygens (including phenoxy) is 1. The molecular weight excluding hydrogens is 360 g/mol. The average Bonchev–Trinajstić information content (AvgIpc) is 2.67. The molecule has 9 nitrogen and oxygen atoms in total. The van der Waals surface area contributed by atoms with E-state index in [2.05, 4.69) is 5.32 Å². The van der Waals surface area contributed by atoms with Crippen LogP contribution in [0.25, 0.3) is 0 Å². The molecule has 2 saturated heterocycles. The smallest absolute Gasteiger partial charge is 0.271 e. The van der Waals surface area contributed by atoms with E-state index in [9.17, 15) is 26.2 Å². The number of quaternary nitrogens is 1. The molecule has 2 N–H and O–H groups in total. The van der Waals surface area contributed by atoms with E-state index in [0.717, 1.165) is 13.1 Å². The fourth-order valence-corrected chi connectivity index (χ4v) is 7.66. The van der Waals surface area contributed by atoms with Crippen molar-refractivity contribution in [2.75, 3.05) is 51.4 Å². The minimum Gasteiger partial charge on any atom is -0.370 e. The summed E-state index contributed by atoms with van der Waals surface area (Å²) in [6.07, 6.45) is 0.143. The topological polar surface area (TPSA) is 127 Å². The van der Waals surface area contributed by atoms with Crippen LogP contribution in [0.3, 0.4) is 0 Å². The standard InChI is InChI=1S/C13H24N2O7S2/c1-13(10-23(17,18)9-11(13)24(19,20)21)14-12(16)3-4-15(2)5-7-22-8-6-15/h11H,3-10H2,1-2H3,(H-,14,16,19,20,21)/p+1/t11-,13-/m1/s1. The van der Waals surface area contributed by atoms with Crippen LogP contribution in [-0.4, -0.2) is 94.0 Å². The van der Waals surface area contributed by atoms with Crippen molar-refractivity contribution in [2.24, 2.45) is 0 Å². The van der Waals surface area contributed by atoms with Gasteiger partial charge in [0.25, 0.3) is 10.1 Å². The molecule has 2 heterocycles. The number of carbonyl (C=O) groups excluding carboxylic acids is 1. The molecule has 1 amide bonds. The SMILES string of the molecule is C[C@@]1(NC(=O)CC[N+]2(C)CCOCC2)CS(=O)(=O)C[C@H]1S(=O)(=O)O. The van der Waals surface area contributed by atoms with Crippen LogP contribution in [0.15, 0.2) is 0 Å². The summed E-state index contributed by atoms with van der Waals surface area (Å²) in [5, 5.41) is 0.977. The molecule has 0 aliphatic carbocycles. The van der Waals surface area contributed by atoms with Crippen molar-refractivity contribution in [3.05, 3.63) is 0 Å². The molecule has 0 spiro atoms. The van der Waals surface area contributed by atoms with Crippen molar-refractivity contribution in [3.8, 4) is 0 Å². The third-order valence-electron chi connectivity index (χ3n) is 4.85. The van der Waals surface area contributed by atoms with E-state index < -0.39 is 48.2 Å². The molecule has 140 valence electrons. The Labute approximate surface area is 142 Å². The Morgan fingerprint density at radius 3 is 2.50 bits per heavy atom. The largest absolute Gasteiger partial charge is 0.370 e. The molecule has 24 heavy (non-hydrogen) atoms. The number of carbonyl (C=O) groups is 1. The van der Waals surface area contributed by atoms with Crippen LogP contribution in [0.1, 0.15) is 13.3 Å². The Morgan fingerprint density at radius 2 is 1.96 bits per heavy atom. The van der Waals surface area contributed by atoms with Crippen molar-refractivity contribution in [2.45, 2.75) is 24.1 Å². The number of hydrogen-bond acceptors (Lipinski definition) is 6. The lowest BCUT2D eigenvalue weighted by Gasteiger charge is -2.37. The molecule has 2 atom stereocenters. The molecule has 2 aliphatic heterocycles. The predicted octanol–water partition coefficient (Wildman–Crippen LogP) is -1.59. The summed E-state index contributed by atoms with van der Waals surface area (Å²) < 4.78 is 61.9. The summed E-state index contributed by atoms with van der Waals surface area (Å²) in [6.45, 7) is 4.71. The molecule has 0 unspecified atom stereocenters. The fourth-order valence-electron chi connectivity index (χ4n) is 3.31. The van der Waals surface area contributed by atoms with Gasteiger partial charge < -0.3 is 14.5 Å². The summed E-state index contributed by atoms with van der Waals surface area (Å²) in [6, 6.07) is 0. The number of likely N-dealkylation sites (N-methyl/N-ethyl adjacent to an activating group) is 1. The predicted molar refractivity (Wildman–Crippen MR) is 86.8 cm³/mol. The maximum absolute atomic E-state index is 12.2. The second kappa shape index (κ2) is 6.52. The van der Waals surface area contributed by atoms with E-state index in [4.69, 9.17) is 4.74 Å². The molecule has 2 aliphatic rings. The highest BCUT2D eigenvalue weighted by atomic mass is 32.2. The second-order valence-corrected chi connectivity index (χ2v) is 10.9. The first-order valence-corrected chi connectivity index (χ1v) is 11.1. The van der Waals surface area contributed by atoms with Crippen LogP contribution in [0.4, 0.5) is 0 Å². The molecule has 0 bridgehead atoms. The average molecular weight is 385 g/mol. The van der Waals surface area contributed by atoms with Gasteiger partial charge in [-0.3, -0.25) is 9.35 Å². The minimum absolute atomic E-state index is 0.143. The van der Waals surface area contributed by atoms with E-state index in [1.807, 2.05) is 7.05 Å². The molecule has 2 fully saturated rings. The highest BCUT2D eigenvalue weighted by molar-refractivity contribution is 7.94. The van der Waals surface area contributed by atoms with Gasteiger partial charge in [-0.25, -0.2) is 8.42 Å². The van der Waals surface area contributed by atoms with Crippen LogP contribution in [0.2, 0.25) is 0 Å². The number of nitrogens with zero attached hydrogens (tertiary/aromatic N) is 1. The van der Waals surface area contributed by atoms with Crippen molar-refractivity contribution in [1.82, 2.24) is 5.32 Å². The molecule has 0 aromatic carbocycles. The van der Waals surface area contributed by atoms with Crippen molar-refractivity contribution < 1.29 is 35.4 Å². The lowest BCUT2D eigenvalue weighted by atomic mass is 10.0. The van der Waals surface area contributed by atoms with Gasteiger partial charge in [0.1, 0.15) is 18.3 Å². The van der Waals surface area contributed by atoms with Gasteiger partial charge in [-0.15, -0.1) is 0 Å². The third kappa shape index (κ3) is 4.66. The van der Waals surface area contributed by atoms with Crippen LogP contribution in [0.5, 0.6) is 0 Å². The molecule has 2 rings (SSSR count). The lowest BCUT2D eigenvalue weighted by molar-refractivity contribution is -0.916. The van der Waals surface area contributed by atoms with Gasteiger partial charge in [0.05, 0.1) is 50.3 Å². The number of rotatable bonds is 5. The highest BCUT2D eigenvalue weighted by Gasteiger charge is 2.54. The summed E-state index contributed by atoms with van der Waals surface area (Å²) in [7, 11) is -6.23. The number of sulfone groups is 1. The van der Waals surface area contributed by atoms with E-state index in [1.54, 1.807) is 0 Å². The molecule has 0 saturated carbocycles. The quantitative estimate of drug-likeness (QED) is 0.432. The van der Waals surface area contributed by atoms with Gasteiger partial charge >= 0.3 is 0 Å². The van der Waals surface area contributed by atoms with Crippen molar-refractivity contribution in [1.29, 1.82) is 0 Å². The van der Waals surface area contributed by atoms with Crippen LogP contribution in [-0.2, 0) is 29.5 Å². The number of nitrogens with one attached hydrogen (secondary N) is 1. The number of hydrogen-bond donors (Lipinski definition) is 2. The Kier molecular flexibility index (Phi) is 5.32. The highest BCUT2D eigenvalue weighted by Crippen LogP contribution is 2.29. The minimum atomic E-state index is -4.59. The molecule has 0 aromatic heterocycles. The lowest BCUT2D eigenvalue weighted by Crippen LogP contribution is -2.58. The normalized spacial score (nSPS) is 32.4. The van der Waals surface area contributed by atoms with E-state index in [0.29, 0.717) is 24.2 Å². The van der Waals surface area contributed by atoms with E-state index >= 15 is 0 Å². The Morgan fingerprint density at radius 1 is 1.38 bits per heavy atom. The van der Waals surface area contributed by atoms with Gasteiger partial charge in [0, 0.05) is 0 Å². The van der Waals surface area contributed by atoms with Crippen molar-refractivity contribution in [3.63, 3.8) is 0 Å². The van der Waals surface area contributed by atoms with Gasteiger partial charge in [-0.2, -0.15) is 8.42 Å². The summed E-state index contributed by atoms with van der Waals surface area (Å²) in [4.78, 5) is 12.2. The second-order valence-electron chi connectivity index (χ2n) is 7.18. The van der Waals surface area contributed by atoms with Crippen LogP contribution < -0.4 is 5.32 Å². The van der Waals surface area contributed by atoms with Gasteiger partial charge in [0.15, 0.2) is 9.84 Å². The van der Waals surface area contributed by atoms with Crippen molar-refractivity contribution >= 4 is 25.9 Å². The number of morpholine rings is 1. The molecule has 11 heteroatoms. The zero-order chi connectivity index (χ0) is 18.2. The maximum Gasteiger partial charge on any atom is 0.271 e. The van der Waals surface area contributed by atoms with Gasteiger partial charge in [0.2, 0.25) is 5.91 Å². The van der Waals surface area contributed by atoms with Crippen LogP contribution in [0, 0.1) is 0 Å². The zero-order valence-corrected chi connectivity index (χ0v) is 15.5. The van der Waals surface area contributed by atoms with Crippen LogP contribution >= 0.6 is 0 Å². The van der Waals surface area contributed by atoms with E-state index in [1.165, 1.54) is 6.92 Å². The molecule has 0 aromatic rings. The van der Waals surface area contributed by atoms with E-state index in [-0.39, 0.29) is 6.42 Å². The van der Waals surface area contributed by atoms with Gasteiger partial charge in [-0.05, 0) is 6.92 Å². The summed E-state index contributed by atoms with van der Waals surface area (Å²) in [5.74, 6) is -1.61. The summed E-state index contributed by atoms with van der Waals surface area (Å²) in [5.41, 5.74) is -1.52. The number of amides is 1. The molecule has 0 radical (unpaired) electrons. The first-order chi connectivity index (χ1) is 10.9. The monoisotopic (exact) mass is 385 g/mol. The first-order valence-electron chi connectivity index (χ1n) is 7.74. The van der Waals surface area contributed by atoms with Gasteiger partial charge in [-0.1, -0.05) is 0 Å².